The minimum atomic E-state index is -2.49. The topological polar surface area (TPSA) is 1110 Å². The van der Waals surface area contributed by atoms with Gasteiger partial charge in [-0.25, -0.2) is 4.79 Å². The third-order valence-electron chi connectivity index (χ3n) is 19.7. The number of nitrogens with one attached hydrogen (secondary N) is 21. The summed E-state index contributed by atoms with van der Waals surface area (Å²) in [7, 11) is 0. The number of hydrogen-bond donors (Lipinski definition) is 37. The Balaban J connectivity index is 6.30. The average Bonchev–Trinajstić information content (AvgIpc) is 0.846. The predicted molar refractivity (Wildman–Crippen MR) is 482 cm³/mol. The second-order valence-electron chi connectivity index (χ2n) is 31.9. The molecule has 812 valence electrons. The third-order valence-corrected chi connectivity index (χ3v) is 19.7. The molecule has 145 heavy (non-hydrogen) atoms. The van der Waals surface area contributed by atoms with E-state index in [1.165, 1.54) is 0 Å². The molecule has 0 saturated carbocycles. The van der Waals surface area contributed by atoms with Crippen molar-refractivity contribution in [3.05, 3.63) is 0 Å². The molecule has 0 aromatic rings. The standard InChI is InChI=1S/C79H126N26O40/c1-34(64(130)105-63(35(2)106)77(143)91-33-50(108)93-37(11-3-6-18-80)70(136)97-38(12-4-7-19-81)71(137)100-41(78(144)145)13-5-8-20-82)92-49(107)29-87-66(132)42(22-56(116)117)94-51(109)30-88-67(133)43(23-57(118)119)95-52(110)31-89-68(134)44(24-58(120)121)96-53(111)32-90-69(135)45(25-59(122)123)102-72(138)39(14-16-54(112)113)99-75(141)47(27-61(126)127)104-76(142)48(28-62(128)129)103-73(139)40(15-17-55(114)115)98-74(140)46(26-60(124)125)101-65(131)36(83)10-9-21-86-79(84)85/h34-48,63,106H,3-33,80-83H2,1-2H3,(H,87,132)(H,88,133)(H,89,134)(H,90,135)(H,91,143)(H,92,107)(H,93,108)(H,94,109)(H,95,110)(H,96,111)(H,97,136)(H,98,140)(H,99,141)(H,100,137)(H,101,131)(H,102,138)(H,103,139)(H,104,142)(H,105,130)(H,112,113)(H,114,115)(H,116,117)(H,118,119)(H,120,121)(H,122,123)(H,124,125)(H,126,127)(H,128,129)(H,144,145)(H4,84,85,86)/t34-,35+,36-,37-,38-,39-,40-,41-,42-,43-,44-,45-,46-,47-,48-,63-/m0/s1. The molecular weight excluding hydrogens is 1950 g/mol. The lowest BCUT2D eigenvalue weighted by molar-refractivity contribution is -0.144. The van der Waals surface area contributed by atoms with Gasteiger partial charge in [0.2, 0.25) is 112 Å². The number of carbonyl (C=O) groups is 29. The molecule has 66 heteroatoms. The van der Waals surface area contributed by atoms with E-state index in [2.05, 4.69) is 37.2 Å². The summed E-state index contributed by atoms with van der Waals surface area (Å²) in [6, 6.07) is -29.2. The summed E-state index contributed by atoms with van der Waals surface area (Å²) in [5.74, 6) is -44.2. The molecule has 0 spiro atoms. The van der Waals surface area contributed by atoms with Crippen LogP contribution in [-0.4, -0.2) is 390 Å². The van der Waals surface area contributed by atoms with Crippen molar-refractivity contribution >= 4 is 178 Å². The maximum Gasteiger partial charge on any atom is 0.326 e. The Morgan fingerprint density at radius 2 is 0.483 bits per heavy atom. The fourth-order valence-corrected chi connectivity index (χ4v) is 12.4. The predicted octanol–water partition coefficient (Wildman–Crippen LogP) is -17.1. The Morgan fingerprint density at radius 1 is 0.248 bits per heavy atom. The molecule has 0 bridgehead atoms. The number of unbranched alkanes of at least 4 members (excludes halogenated alkanes) is 3. The Morgan fingerprint density at radius 3 is 0.759 bits per heavy atom. The van der Waals surface area contributed by atoms with Crippen LogP contribution in [0.25, 0.3) is 0 Å². The number of carboxylic acids is 10. The lowest BCUT2D eigenvalue weighted by atomic mass is 10.0. The van der Waals surface area contributed by atoms with Crippen LogP contribution in [0.1, 0.15) is 155 Å². The van der Waals surface area contributed by atoms with Gasteiger partial charge in [0.25, 0.3) is 0 Å². The van der Waals surface area contributed by atoms with Gasteiger partial charge in [-0.2, -0.15) is 0 Å². The first kappa shape index (κ1) is 129. The minimum Gasteiger partial charge on any atom is -0.481 e. The van der Waals surface area contributed by atoms with E-state index in [4.69, 9.17) is 34.1 Å². The van der Waals surface area contributed by atoms with Crippen LogP contribution < -0.4 is 135 Å². The van der Waals surface area contributed by atoms with Crippen LogP contribution in [0, 0.1) is 5.41 Å². The summed E-state index contributed by atoms with van der Waals surface area (Å²) >= 11 is 0. The van der Waals surface area contributed by atoms with E-state index >= 15 is 0 Å². The Kier molecular flexibility index (Phi) is 61.0. The maximum absolute atomic E-state index is 13.9. The molecule has 0 radical (unpaired) electrons. The van der Waals surface area contributed by atoms with Crippen molar-refractivity contribution in [1.29, 1.82) is 5.41 Å². The van der Waals surface area contributed by atoms with Crippen molar-refractivity contribution in [2.24, 2.45) is 28.7 Å². The number of carbonyl (C=O) groups excluding carboxylic acids is 19. The largest absolute Gasteiger partial charge is 0.481 e. The van der Waals surface area contributed by atoms with Crippen LogP contribution in [-0.2, 0) is 139 Å². The highest BCUT2D eigenvalue weighted by molar-refractivity contribution is 6.03. The van der Waals surface area contributed by atoms with Crippen molar-refractivity contribution in [3.63, 3.8) is 0 Å². The molecule has 0 aliphatic carbocycles. The highest BCUT2D eigenvalue weighted by Gasteiger charge is 2.40. The lowest BCUT2D eigenvalue weighted by Gasteiger charge is -2.26. The first-order valence-corrected chi connectivity index (χ1v) is 44.2. The van der Waals surface area contributed by atoms with Crippen molar-refractivity contribution in [2.75, 3.05) is 58.9 Å². The molecule has 0 saturated heterocycles. The van der Waals surface area contributed by atoms with Gasteiger partial charge in [-0.1, -0.05) is 0 Å². The normalized spacial score (nSPS) is 14.1. The molecule has 0 fully saturated rings. The molecule has 19 amide bonds. The average molecular weight is 2080 g/mol. The number of aliphatic hydroxyl groups is 1. The molecule has 42 N–H and O–H groups in total. The first-order valence-electron chi connectivity index (χ1n) is 44.2. The maximum atomic E-state index is 13.9. The van der Waals surface area contributed by atoms with Gasteiger partial charge in [0.15, 0.2) is 5.96 Å². The molecule has 0 aromatic heterocycles. The number of aliphatic hydroxyl groups excluding tert-OH is 1. The van der Waals surface area contributed by atoms with Crippen LogP contribution in [0.4, 0.5) is 0 Å². The molecule has 0 aromatic carbocycles. The number of hydrogen-bond acceptors (Lipinski definition) is 35. The van der Waals surface area contributed by atoms with Gasteiger partial charge in [0, 0.05) is 19.4 Å². The third kappa shape index (κ3) is 56.7. The lowest BCUT2D eigenvalue weighted by Crippen LogP contribution is -2.60. The van der Waals surface area contributed by atoms with Crippen LogP contribution in [0.5, 0.6) is 0 Å². The van der Waals surface area contributed by atoms with Crippen molar-refractivity contribution < 1.29 is 195 Å². The number of carboxylic acid groups (broad SMARTS) is 10. The molecule has 0 aliphatic heterocycles. The summed E-state index contributed by atoms with van der Waals surface area (Å²) in [4.78, 5) is 373. The van der Waals surface area contributed by atoms with E-state index in [-0.39, 0.29) is 64.7 Å². The zero-order chi connectivity index (χ0) is 111. The van der Waals surface area contributed by atoms with E-state index in [1.807, 2.05) is 63.8 Å². The fourth-order valence-electron chi connectivity index (χ4n) is 12.4. The molecule has 0 rings (SSSR count). The monoisotopic (exact) mass is 2080 g/mol. The van der Waals surface area contributed by atoms with E-state index in [1.54, 1.807) is 5.32 Å². The molecular formula is C79H126N26O40. The Hall–Kier alpha value is -16.3. The van der Waals surface area contributed by atoms with Gasteiger partial charge < -0.3 is 191 Å². The quantitative estimate of drug-likeness (QED) is 0.0153. The van der Waals surface area contributed by atoms with Crippen LogP contribution in [0.2, 0.25) is 0 Å². The molecule has 16 atom stereocenters. The SMILES string of the molecule is C[C@H](NC(=O)CNC(=O)[C@H](CC(=O)O)NC(=O)CNC(=O)[C@H](CC(=O)O)NC(=O)CNC(=O)[C@H](CC(=O)O)NC(=O)CNC(=O)[C@H](CC(=O)O)NC(=O)[C@H](CCC(=O)O)NC(=O)[C@H](CC(=O)O)NC(=O)[C@H](CC(=O)O)NC(=O)[C@H](CCC(=O)O)NC(=O)[C@H](CC(=O)O)NC(=O)[C@@H](N)CCCNC(=N)N)C(=O)N[C@H](C(=O)NCC(=O)N[C@@H](CCCCN)C(=O)N[C@@H](CCCCN)C(=O)N[C@@H](CCCCN)C(=O)O)[C@@H](C)O. The Labute approximate surface area is 821 Å². The molecule has 0 aliphatic rings. The van der Waals surface area contributed by atoms with Gasteiger partial charge in [0.05, 0.1) is 89.8 Å². The number of aliphatic carboxylic acids is 10. The fraction of sp³-hybridized carbons (Fsp3) is 0.620. The number of guanidine groups is 1. The van der Waals surface area contributed by atoms with Gasteiger partial charge >= 0.3 is 59.7 Å². The van der Waals surface area contributed by atoms with Crippen LogP contribution in [0.15, 0.2) is 0 Å². The van der Waals surface area contributed by atoms with Gasteiger partial charge in [-0.15, -0.1) is 0 Å². The molecule has 66 nitrogen and oxygen atoms in total. The van der Waals surface area contributed by atoms with E-state index in [0.29, 0.717) is 32.1 Å². The van der Waals surface area contributed by atoms with Crippen LogP contribution >= 0.6 is 0 Å². The summed E-state index contributed by atoms with van der Waals surface area (Å²) in [6.07, 6.45) is -13.1. The second kappa shape index (κ2) is 68.7. The Bertz CT molecular complexity index is 4620. The van der Waals surface area contributed by atoms with Crippen molar-refractivity contribution in [3.8, 4) is 0 Å². The molecule has 0 heterocycles. The number of amides is 19. The highest BCUT2D eigenvalue weighted by Crippen LogP contribution is 2.13. The zero-order valence-corrected chi connectivity index (χ0v) is 78.3. The summed E-state index contributed by atoms with van der Waals surface area (Å²) < 4.78 is 0. The second-order valence-corrected chi connectivity index (χ2v) is 31.9. The summed E-state index contributed by atoms with van der Waals surface area (Å²) in [5.41, 5.74) is 27.8. The van der Waals surface area contributed by atoms with E-state index < -0.39 is 378 Å². The van der Waals surface area contributed by atoms with E-state index in [0.717, 1.165) is 13.8 Å². The summed E-state index contributed by atoms with van der Waals surface area (Å²) in [6.45, 7) is -3.04. The van der Waals surface area contributed by atoms with Crippen molar-refractivity contribution in [1.82, 2.24) is 106 Å². The van der Waals surface area contributed by atoms with E-state index in [9.17, 15) is 195 Å². The minimum absolute atomic E-state index is 0.0141. The first-order chi connectivity index (χ1) is 67.8. The van der Waals surface area contributed by atoms with Gasteiger partial charge in [0.1, 0.15) is 84.6 Å². The van der Waals surface area contributed by atoms with Crippen molar-refractivity contribution in [2.45, 2.75) is 252 Å². The smallest absolute Gasteiger partial charge is 0.326 e. The highest BCUT2D eigenvalue weighted by atomic mass is 16.4. The van der Waals surface area contributed by atoms with Crippen LogP contribution in [0.3, 0.4) is 0 Å². The summed E-state index contributed by atoms with van der Waals surface area (Å²) in [5, 5.41) is 154. The molecule has 0 unspecified atom stereocenters. The van der Waals surface area contributed by atoms with Gasteiger partial charge in [-0.3, -0.25) is 140 Å². The number of rotatable bonds is 76. The number of nitrogens with two attached hydrogens (primary N) is 5. The zero-order valence-electron chi connectivity index (χ0n) is 78.3. The van der Waals surface area contributed by atoms with Gasteiger partial charge in [-0.05, 0) is 117 Å².